The number of hydrogen-bond acceptors (Lipinski definition) is 3. The summed E-state index contributed by atoms with van der Waals surface area (Å²) in [5.74, 6) is 0. The Balaban J connectivity index is 2.17. The van der Waals surface area contributed by atoms with Crippen LogP contribution in [0.2, 0.25) is 0 Å². The monoisotopic (exact) mass is 219 g/mol. The molecule has 88 valence electrons. The van der Waals surface area contributed by atoms with Gasteiger partial charge in [0.1, 0.15) is 0 Å². The van der Waals surface area contributed by atoms with Crippen molar-refractivity contribution in [1.29, 1.82) is 0 Å². The van der Waals surface area contributed by atoms with Crippen LogP contribution in [0.25, 0.3) is 0 Å². The molecule has 2 rings (SSSR count). The Kier molecular flexibility index (Phi) is 3.80. The second kappa shape index (κ2) is 5.32. The van der Waals surface area contributed by atoms with E-state index in [1.807, 2.05) is 7.05 Å². The Morgan fingerprint density at radius 1 is 1.31 bits per heavy atom. The molecule has 2 N–H and O–H groups in total. The standard InChI is InChI=1S/C13H21N3/c1-14-7-8-16-10-12(15-2)9-11-5-3-4-6-13(11)16/h3-6,12,14-15H,7-10H2,1-2H3. The van der Waals surface area contributed by atoms with Gasteiger partial charge in [-0.15, -0.1) is 0 Å². The van der Waals surface area contributed by atoms with Gasteiger partial charge >= 0.3 is 0 Å². The summed E-state index contributed by atoms with van der Waals surface area (Å²) in [6, 6.07) is 9.31. The quantitative estimate of drug-likeness (QED) is 0.786. The molecule has 1 heterocycles. The Morgan fingerprint density at radius 3 is 2.88 bits per heavy atom. The molecule has 0 aromatic heterocycles. The Bertz CT molecular complexity index is 338. The van der Waals surface area contributed by atoms with Crippen molar-refractivity contribution >= 4 is 5.69 Å². The number of rotatable bonds is 4. The lowest BCUT2D eigenvalue weighted by atomic mass is 9.98. The van der Waals surface area contributed by atoms with Crippen LogP contribution in [0.5, 0.6) is 0 Å². The average molecular weight is 219 g/mol. The summed E-state index contributed by atoms with van der Waals surface area (Å²) in [7, 11) is 4.06. The van der Waals surface area contributed by atoms with E-state index in [0.717, 1.165) is 26.1 Å². The fourth-order valence-electron chi connectivity index (χ4n) is 2.34. The highest BCUT2D eigenvalue weighted by molar-refractivity contribution is 5.56. The minimum atomic E-state index is 0.576. The van der Waals surface area contributed by atoms with E-state index in [0.29, 0.717) is 6.04 Å². The average Bonchev–Trinajstić information content (AvgIpc) is 2.35. The molecule has 0 bridgehead atoms. The number of hydrogen-bond donors (Lipinski definition) is 2. The molecule has 3 nitrogen and oxygen atoms in total. The normalized spacial score (nSPS) is 19.6. The highest BCUT2D eigenvalue weighted by Gasteiger charge is 2.22. The van der Waals surface area contributed by atoms with Gasteiger partial charge in [0, 0.05) is 31.4 Å². The van der Waals surface area contributed by atoms with Crippen molar-refractivity contribution < 1.29 is 0 Å². The predicted octanol–water partition coefficient (Wildman–Crippen LogP) is 0.857. The van der Waals surface area contributed by atoms with Crippen LogP contribution in [-0.2, 0) is 6.42 Å². The summed E-state index contributed by atoms with van der Waals surface area (Å²) in [5, 5.41) is 6.61. The van der Waals surface area contributed by atoms with Gasteiger partial charge in [-0.3, -0.25) is 0 Å². The molecule has 1 aliphatic rings. The maximum Gasteiger partial charge on any atom is 0.0400 e. The Morgan fingerprint density at radius 2 is 2.12 bits per heavy atom. The lowest BCUT2D eigenvalue weighted by Gasteiger charge is -2.36. The zero-order valence-corrected chi connectivity index (χ0v) is 10.2. The van der Waals surface area contributed by atoms with Gasteiger partial charge in [-0.1, -0.05) is 18.2 Å². The van der Waals surface area contributed by atoms with E-state index in [-0.39, 0.29) is 0 Å². The maximum atomic E-state index is 3.39. The van der Waals surface area contributed by atoms with E-state index in [9.17, 15) is 0 Å². The summed E-state index contributed by atoms with van der Waals surface area (Å²) >= 11 is 0. The molecule has 1 aliphatic heterocycles. The summed E-state index contributed by atoms with van der Waals surface area (Å²) in [6.45, 7) is 3.21. The molecule has 1 aromatic rings. The fourth-order valence-corrected chi connectivity index (χ4v) is 2.34. The first-order valence-electron chi connectivity index (χ1n) is 6.00. The van der Waals surface area contributed by atoms with Gasteiger partial charge in [-0.2, -0.15) is 0 Å². The van der Waals surface area contributed by atoms with Gasteiger partial charge in [-0.25, -0.2) is 0 Å². The van der Waals surface area contributed by atoms with E-state index in [4.69, 9.17) is 0 Å². The van der Waals surface area contributed by atoms with Crippen molar-refractivity contribution in [1.82, 2.24) is 10.6 Å². The van der Waals surface area contributed by atoms with Crippen LogP contribution in [0.15, 0.2) is 24.3 Å². The molecule has 1 unspecified atom stereocenters. The lowest BCUT2D eigenvalue weighted by Crippen LogP contribution is -2.46. The Hall–Kier alpha value is -1.06. The summed E-state index contributed by atoms with van der Waals surface area (Å²) < 4.78 is 0. The first-order chi connectivity index (χ1) is 7.85. The number of fused-ring (bicyclic) bond motifs is 1. The van der Waals surface area contributed by atoms with Gasteiger partial charge in [0.05, 0.1) is 0 Å². The number of para-hydroxylation sites is 1. The van der Waals surface area contributed by atoms with Gasteiger partial charge in [0.2, 0.25) is 0 Å². The molecule has 16 heavy (non-hydrogen) atoms. The van der Waals surface area contributed by atoms with Gasteiger partial charge in [0.15, 0.2) is 0 Å². The Labute approximate surface area is 97.8 Å². The number of anilines is 1. The molecule has 0 aliphatic carbocycles. The molecular weight excluding hydrogens is 198 g/mol. The van der Waals surface area contributed by atoms with Crippen LogP contribution >= 0.6 is 0 Å². The van der Waals surface area contributed by atoms with E-state index in [1.165, 1.54) is 11.3 Å². The van der Waals surface area contributed by atoms with Gasteiger partial charge in [0.25, 0.3) is 0 Å². The summed E-state index contributed by atoms with van der Waals surface area (Å²) in [4.78, 5) is 2.47. The van der Waals surface area contributed by atoms with Crippen molar-refractivity contribution in [3.63, 3.8) is 0 Å². The molecule has 3 heteroatoms. The van der Waals surface area contributed by atoms with Crippen molar-refractivity contribution in [2.45, 2.75) is 12.5 Å². The molecule has 0 spiro atoms. The highest BCUT2D eigenvalue weighted by Crippen LogP contribution is 2.26. The van der Waals surface area contributed by atoms with Crippen LogP contribution in [0.3, 0.4) is 0 Å². The van der Waals surface area contributed by atoms with Crippen molar-refractivity contribution in [3.05, 3.63) is 29.8 Å². The third kappa shape index (κ3) is 2.36. The largest absolute Gasteiger partial charge is 0.368 e. The molecular formula is C13H21N3. The smallest absolute Gasteiger partial charge is 0.0400 e. The topological polar surface area (TPSA) is 27.3 Å². The van der Waals surface area contributed by atoms with E-state index in [2.05, 4.69) is 46.8 Å². The maximum absolute atomic E-state index is 3.39. The fraction of sp³-hybridized carbons (Fsp3) is 0.538. The second-order valence-corrected chi connectivity index (χ2v) is 4.37. The first kappa shape index (κ1) is 11.4. The van der Waals surface area contributed by atoms with Crippen molar-refractivity contribution in [2.75, 3.05) is 38.6 Å². The molecule has 0 amide bonds. The number of nitrogens with zero attached hydrogens (tertiary/aromatic N) is 1. The van der Waals surface area contributed by atoms with E-state index in [1.54, 1.807) is 0 Å². The molecule has 0 saturated carbocycles. The van der Waals surface area contributed by atoms with Crippen LogP contribution in [0.1, 0.15) is 5.56 Å². The molecule has 0 saturated heterocycles. The van der Waals surface area contributed by atoms with Gasteiger partial charge < -0.3 is 15.5 Å². The minimum absolute atomic E-state index is 0.576. The van der Waals surface area contributed by atoms with E-state index < -0.39 is 0 Å². The molecule has 1 aromatic carbocycles. The molecule has 0 fully saturated rings. The summed E-state index contributed by atoms with van der Waals surface area (Å²) in [6.07, 6.45) is 1.14. The predicted molar refractivity (Wildman–Crippen MR) is 69.1 cm³/mol. The zero-order valence-electron chi connectivity index (χ0n) is 10.2. The van der Waals surface area contributed by atoms with Crippen molar-refractivity contribution in [2.24, 2.45) is 0 Å². The summed E-state index contributed by atoms with van der Waals surface area (Å²) in [5.41, 5.74) is 2.87. The van der Waals surface area contributed by atoms with Crippen LogP contribution in [0.4, 0.5) is 5.69 Å². The zero-order chi connectivity index (χ0) is 11.4. The van der Waals surface area contributed by atoms with Crippen LogP contribution in [-0.4, -0.2) is 39.8 Å². The van der Waals surface area contributed by atoms with Crippen molar-refractivity contribution in [3.8, 4) is 0 Å². The number of likely N-dealkylation sites (N-methyl/N-ethyl adjacent to an activating group) is 2. The molecule has 0 radical (unpaired) electrons. The third-order valence-electron chi connectivity index (χ3n) is 3.28. The number of benzene rings is 1. The van der Waals surface area contributed by atoms with Crippen LogP contribution < -0.4 is 15.5 Å². The highest BCUT2D eigenvalue weighted by atomic mass is 15.2. The molecule has 1 atom stereocenters. The lowest BCUT2D eigenvalue weighted by molar-refractivity contribution is 0.519. The SMILES string of the molecule is CNCCN1CC(NC)Cc2ccccc21. The van der Waals surface area contributed by atoms with Gasteiger partial charge in [-0.05, 0) is 32.1 Å². The third-order valence-corrected chi connectivity index (χ3v) is 3.28. The van der Waals surface area contributed by atoms with Crippen LogP contribution in [0, 0.1) is 0 Å². The first-order valence-corrected chi connectivity index (χ1v) is 6.00. The van der Waals surface area contributed by atoms with E-state index >= 15 is 0 Å². The minimum Gasteiger partial charge on any atom is -0.368 e. The number of nitrogens with one attached hydrogen (secondary N) is 2. The second-order valence-electron chi connectivity index (χ2n) is 4.37.